The van der Waals surface area contributed by atoms with Gasteiger partial charge >= 0.3 is 5.97 Å². The number of benzene rings is 1. The molecule has 0 aliphatic heterocycles. The van der Waals surface area contributed by atoms with Crippen molar-refractivity contribution in [1.29, 1.82) is 0 Å². The zero-order valence-corrected chi connectivity index (χ0v) is 10.7. The third-order valence-electron chi connectivity index (χ3n) is 2.84. The van der Waals surface area contributed by atoms with E-state index in [1.54, 1.807) is 39.0 Å². The van der Waals surface area contributed by atoms with Crippen LogP contribution in [0.15, 0.2) is 18.2 Å². The predicted octanol–water partition coefficient (Wildman–Crippen LogP) is 1.42. The standard InChI is InChI=1S/C13H18N2O3/c1-7(2)11(13(17)18)15-12(16)9-5-4-6-10(14)8(9)3/h4-7,11H,14H2,1-3H3,(H,15,16)(H,17,18)/t11-/m1/s1. The number of nitrogen functional groups attached to an aromatic ring is 1. The summed E-state index contributed by atoms with van der Waals surface area (Å²) in [5, 5.41) is 11.5. The van der Waals surface area contributed by atoms with Gasteiger partial charge in [0.05, 0.1) is 0 Å². The fourth-order valence-electron chi connectivity index (χ4n) is 1.63. The van der Waals surface area contributed by atoms with Gasteiger partial charge in [0.25, 0.3) is 5.91 Å². The Balaban J connectivity index is 2.94. The number of nitrogens with one attached hydrogen (secondary N) is 1. The molecule has 0 fully saturated rings. The number of carboxylic acid groups (broad SMARTS) is 1. The van der Waals surface area contributed by atoms with Crippen molar-refractivity contribution in [3.63, 3.8) is 0 Å². The number of rotatable bonds is 4. The number of amides is 1. The molecule has 0 heterocycles. The summed E-state index contributed by atoms with van der Waals surface area (Å²) < 4.78 is 0. The summed E-state index contributed by atoms with van der Waals surface area (Å²) in [5.74, 6) is -1.64. The third-order valence-corrected chi connectivity index (χ3v) is 2.84. The maximum absolute atomic E-state index is 12.0. The molecule has 0 aliphatic rings. The highest BCUT2D eigenvalue weighted by Gasteiger charge is 2.24. The number of carboxylic acids is 1. The first kappa shape index (κ1) is 14.0. The first-order valence-corrected chi connectivity index (χ1v) is 5.73. The monoisotopic (exact) mass is 250 g/mol. The van der Waals surface area contributed by atoms with Crippen LogP contribution in [0, 0.1) is 12.8 Å². The van der Waals surface area contributed by atoms with Crippen LogP contribution >= 0.6 is 0 Å². The summed E-state index contributed by atoms with van der Waals surface area (Å²) in [5.41, 5.74) is 7.29. The second-order valence-electron chi connectivity index (χ2n) is 4.55. The van der Waals surface area contributed by atoms with Gasteiger partial charge < -0.3 is 16.2 Å². The molecule has 5 heteroatoms. The molecular formula is C13H18N2O3. The van der Waals surface area contributed by atoms with E-state index < -0.39 is 17.9 Å². The minimum absolute atomic E-state index is 0.187. The van der Waals surface area contributed by atoms with E-state index in [0.717, 1.165) is 0 Å². The van der Waals surface area contributed by atoms with Crippen molar-refractivity contribution in [2.24, 2.45) is 5.92 Å². The van der Waals surface area contributed by atoms with E-state index in [1.165, 1.54) is 0 Å². The number of anilines is 1. The van der Waals surface area contributed by atoms with E-state index in [2.05, 4.69) is 5.32 Å². The van der Waals surface area contributed by atoms with Crippen LogP contribution in [-0.2, 0) is 4.79 Å². The Kier molecular flexibility index (Phi) is 4.31. The molecule has 1 aromatic rings. The second-order valence-corrected chi connectivity index (χ2v) is 4.55. The van der Waals surface area contributed by atoms with Gasteiger partial charge in [-0.3, -0.25) is 4.79 Å². The third kappa shape index (κ3) is 3.00. The Bertz CT molecular complexity index is 469. The van der Waals surface area contributed by atoms with Gasteiger partial charge in [-0.25, -0.2) is 4.79 Å². The van der Waals surface area contributed by atoms with Crippen molar-refractivity contribution in [2.75, 3.05) is 5.73 Å². The minimum Gasteiger partial charge on any atom is -0.480 e. The molecule has 0 saturated heterocycles. The van der Waals surface area contributed by atoms with Crippen LogP contribution < -0.4 is 11.1 Å². The number of hydrogen-bond acceptors (Lipinski definition) is 3. The fraction of sp³-hybridized carbons (Fsp3) is 0.385. The summed E-state index contributed by atoms with van der Waals surface area (Å²) in [7, 11) is 0. The molecule has 1 amide bonds. The highest BCUT2D eigenvalue weighted by Crippen LogP contribution is 2.16. The molecule has 98 valence electrons. The molecule has 0 bridgehead atoms. The maximum atomic E-state index is 12.0. The molecule has 4 N–H and O–H groups in total. The number of carbonyl (C=O) groups excluding carboxylic acids is 1. The predicted molar refractivity (Wildman–Crippen MR) is 69.3 cm³/mol. The molecule has 0 spiro atoms. The van der Waals surface area contributed by atoms with E-state index in [1.807, 2.05) is 0 Å². The Labute approximate surface area is 106 Å². The SMILES string of the molecule is Cc1c(N)cccc1C(=O)N[C@@H](C(=O)O)C(C)C. The molecule has 0 saturated carbocycles. The number of carbonyl (C=O) groups is 2. The van der Waals surface area contributed by atoms with Crippen LogP contribution in [-0.4, -0.2) is 23.0 Å². The average Bonchev–Trinajstić information content (AvgIpc) is 2.28. The van der Waals surface area contributed by atoms with Gasteiger partial charge in [0.15, 0.2) is 0 Å². The van der Waals surface area contributed by atoms with Crippen LogP contribution in [0.1, 0.15) is 29.8 Å². The van der Waals surface area contributed by atoms with Crippen molar-refractivity contribution in [1.82, 2.24) is 5.32 Å². The van der Waals surface area contributed by atoms with Crippen LogP contribution in [0.2, 0.25) is 0 Å². The maximum Gasteiger partial charge on any atom is 0.326 e. The number of aliphatic carboxylic acids is 1. The van der Waals surface area contributed by atoms with Crippen molar-refractivity contribution in [3.05, 3.63) is 29.3 Å². The molecule has 18 heavy (non-hydrogen) atoms. The van der Waals surface area contributed by atoms with Crippen molar-refractivity contribution < 1.29 is 14.7 Å². The summed E-state index contributed by atoms with van der Waals surface area (Å²) in [6.45, 7) is 5.21. The lowest BCUT2D eigenvalue weighted by atomic mass is 10.0. The van der Waals surface area contributed by atoms with Crippen LogP contribution in [0.3, 0.4) is 0 Å². The topological polar surface area (TPSA) is 92.4 Å². The number of nitrogens with two attached hydrogens (primary N) is 1. The van der Waals surface area contributed by atoms with E-state index in [-0.39, 0.29) is 5.92 Å². The first-order valence-electron chi connectivity index (χ1n) is 5.73. The molecular weight excluding hydrogens is 232 g/mol. The van der Waals surface area contributed by atoms with Gasteiger partial charge in [0.1, 0.15) is 6.04 Å². The first-order chi connectivity index (χ1) is 8.34. The van der Waals surface area contributed by atoms with Gasteiger partial charge in [-0.2, -0.15) is 0 Å². The van der Waals surface area contributed by atoms with E-state index in [0.29, 0.717) is 16.8 Å². The Morgan fingerprint density at radius 3 is 2.44 bits per heavy atom. The molecule has 0 aromatic heterocycles. The normalized spacial score (nSPS) is 12.2. The average molecular weight is 250 g/mol. The largest absolute Gasteiger partial charge is 0.480 e. The fourth-order valence-corrected chi connectivity index (χ4v) is 1.63. The molecule has 0 unspecified atom stereocenters. The van der Waals surface area contributed by atoms with Crippen LogP contribution in [0.25, 0.3) is 0 Å². The van der Waals surface area contributed by atoms with Crippen LogP contribution in [0.4, 0.5) is 5.69 Å². The molecule has 1 rings (SSSR count). The minimum atomic E-state index is -1.04. The summed E-state index contributed by atoms with van der Waals surface area (Å²) >= 11 is 0. The zero-order valence-electron chi connectivity index (χ0n) is 10.7. The summed E-state index contributed by atoms with van der Waals surface area (Å²) in [6, 6.07) is 4.09. The quantitative estimate of drug-likeness (QED) is 0.704. The Morgan fingerprint density at radius 2 is 1.94 bits per heavy atom. The Hall–Kier alpha value is -2.04. The highest BCUT2D eigenvalue weighted by atomic mass is 16.4. The number of hydrogen-bond donors (Lipinski definition) is 3. The van der Waals surface area contributed by atoms with Gasteiger partial charge in [0.2, 0.25) is 0 Å². The van der Waals surface area contributed by atoms with Crippen LogP contribution in [0.5, 0.6) is 0 Å². The molecule has 1 atom stereocenters. The molecule has 5 nitrogen and oxygen atoms in total. The van der Waals surface area contributed by atoms with E-state index in [9.17, 15) is 9.59 Å². The van der Waals surface area contributed by atoms with Gasteiger partial charge in [-0.1, -0.05) is 19.9 Å². The summed E-state index contributed by atoms with van der Waals surface area (Å²) in [6.07, 6.45) is 0. The summed E-state index contributed by atoms with van der Waals surface area (Å²) in [4.78, 5) is 23.0. The highest BCUT2D eigenvalue weighted by molar-refractivity contribution is 5.98. The van der Waals surface area contributed by atoms with Crippen molar-refractivity contribution in [3.8, 4) is 0 Å². The lowest BCUT2D eigenvalue weighted by molar-refractivity contribution is -0.140. The smallest absolute Gasteiger partial charge is 0.326 e. The molecule has 1 aromatic carbocycles. The van der Waals surface area contributed by atoms with E-state index >= 15 is 0 Å². The zero-order chi connectivity index (χ0) is 13.9. The van der Waals surface area contributed by atoms with Gasteiger partial charge in [-0.15, -0.1) is 0 Å². The van der Waals surface area contributed by atoms with Crippen molar-refractivity contribution in [2.45, 2.75) is 26.8 Å². The van der Waals surface area contributed by atoms with Gasteiger partial charge in [0, 0.05) is 11.3 Å². The lowest BCUT2D eigenvalue weighted by Gasteiger charge is -2.18. The second kappa shape index (κ2) is 5.53. The van der Waals surface area contributed by atoms with E-state index in [4.69, 9.17) is 10.8 Å². The van der Waals surface area contributed by atoms with Gasteiger partial charge in [-0.05, 0) is 30.5 Å². The molecule has 0 radical (unpaired) electrons. The Morgan fingerprint density at radius 1 is 1.33 bits per heavy atom. The lowest BCUT2D eigenvalue weighted by Crippen LogP contribution is -2.44. The molecule has 0 aliphatic carbocycles. The van der Waals surface area contributed by atoms with Crippen molar-refractivity contribution >= 4 is 17.6 Å².